The summed E-state index contributed by atoms with van der Waals surface area (Å²) in [6.45, 7) is 5.97. The Kier molecular flexibility index (Phi) is 9.06. The Hall–Kier alpha value is -0.810. The van der Waals surface area contributed by atoms with Crippen molar-refractivity contribution in [3.63, 3.8) is 0 Å². The highest BCUT2D eigenvalue weighted by atomic mass is 35.5. The van der Waals surface area contributed by atoms with E-state index in [1.165, 1.54) is 4.90 Å². The van der Waals surface area contributed by atoms with Gasteiger partial charge in [0.1, 0.15) is 0 Å². The van der Waals surface area contributed by atoms with Gasteiger partial charge in [0.15, 0.2) is 0 Å². The number of carbonyl (C=O) groups excluding carboxylic acids is 2. The van der Waals surface area contributed by atoms with E-state index in [1.807, 2.05) is 13.8 Å². The second-order valence-electron chi connectivity index (χ2n) is 4.50. The molecule has 2 atom stereocenters. The van der Waals surface area contributed by atoms with Gasteiger partial charge in [-0.15, -0.1) is 12.4 Å². The van der Waals surface area contributed by atoms with Crippen LogP contribution in [-0.4, -0.2) is 43.4 Å². The van der Waals surface area contributed by atoms with Gasteiger partial charge in [0.2, 0.25) is 11.8 Å². The summed E-state index contributed by atoms with van der Waals surface area (Å²) >= 11 is 0. The Morgan fingerprint density at radius 3 is 2.12 bits per heavy atom. The topological polar surface area (TPSA) is 75.4 Å². The number of hydrogen-bond donors (Lipinski definition) is 2. The van der Waals surface area contributed by atoms with E-state index in [1.54, 1.807) is 21.0 Å². The molecule has 17 heavy (non-hydrogen) atoms. The molecule has 6 heteroatoms. The highest BCUT2D eigenvalue weighted by Crippen LogP contribution is 2.05. The normalized spacial score (nSPS) is 13.6. The van der Waals surface area contributed by atoms with Gasteiger partial charge < -0.3 is 16.0 Å². The minimum atomic E-state index is -0.498. The first-order valence-corrected chi connectivity index (χ1v) is 5.53. The Morgan fingerprint density at radius 2 is 1.76 bits per heavy atom. The quantitative estimate of drug-likeness (QED) is 0.747. The summed E-state index contributed by atoms with van der Waals surface area (Å²) in [5, 5.41) is 2.55. The molecule has 0 aliphatic rings. The van der Waals surface area contributed by atoms with E-state index in [4.69, 9.17) is 5.73 Å². The summed E-state index contributed by atoms with van der Waals surface area (Å²) in [6.07, 6.45) is 0. The second kappa shape index (κ2) is 8.31. The molecule has 0 aromatic rings. The molecule has 0 radical (unpaired) electrons. The maximum atomic E-state index is 11.8. The zero-order valence-electron chi connectivity index (χ0n) is 11.2. The summed E-state index contributed by atoms with van der Waals surface area (Å²) in [5.74, 6) is -0.313. The molecule has 0 aliphatic carbocycles. The lowest BCUT2D eigenvalue weighted by Gasteiger charge is -2.25. The molecule has 102 valence electrons. The largest absolute Gasteiger partial charge is 0.359 e. The van der Waals surface area contributed by atoms with E-state index in [9.17, 15) is 9.59 Å². The molecular weight excluding hydrogens is 242 g/mol. The maximum Gasteiger partial charge on any atom is 0.239 e. The molecule has 0 spiro atoms. The number of nitrogens with zero attached hydrogens (tertiary/aromatic N) is 1. The van der Waals surface area contributed by atoms with Crippen LogP contribution in [0.2, 0.25) is 0 Å². The molecule has 0 aliphatic heterocycles. The van der Waals surface area contributed by atoms with Gasteiger partial charge in [-0.25, -0.2) is 0 Å². The standard InChI is InChI=1S/C11H23N3O2.ClH/c1-7(2)9(12)11(16)14(5)6-8(3)10(15)13-4;/h7-9H,6,12H2,1-5H3,(H,13,15);1H/t8?,9-;/m0./s1. The van der Waals surface area contributed by atoms with Gasteiger partial charge in [-0.1, -0.05) is 20.8 Å². The molecule has 2 amide bonds. The van der Waals surface area contributed by atoms with Crippen LogP contribution in [0.5, 0.6) is 0 Å². The second-order valence-corrected chi connectivity index (χ2v) is 4.50. The van der Waals surface area contributed by atoms with Gasteiger partial charge in [-0.3, -0.25) is 9.59 Å². The van der Waals surface area contributed by atoms with Crippen molar-refractivity contribution in [3.05, 3.63) is 0 Å². The molecule has 0 rings (SSSR count). The predicted molar refractivity (Wildman–Crippen MR) is 70.9 cm³/mol. The zero-order valence-corrected chi connectivity index (χ0v) is 12.0. The maximum absolute atomic E-state index is 11.8. The number of rotatable bonds is 5. The first-order valence-electron chi connectivity index (χ1n) is 5.53. The monoisotopic (exact) mass is 265 g/mol. The Balaban J connectivity index is 0. The number of nitrogens with two attached hydrogens (primary N) is 1. The van der Waals surface area contributed by atoms with Crippen LogP contribution < -0.4 is 11.1 Å². The van der Waals surface area contributed by atoms with Crippen molar-refractivity contribution in [3.8, 4) is 0 Å². The summed E-state index contributed by atoms with van der Waals surface area (Å²) in [7, 11) is 3.25. The van der Waals surface area contributed by atoms with Gasteiger partial charge >= 0.3 is 0 Å². The first-order chi connectivity index (χ1) is 7.31. The van der Waals surface area contributed by atoms with Crippen molar-refractivity contribution >= 4 is 24.2 Å². The molecule has 0 saturated carbocycles. The van der Waals surface area contributed by atoms with Crippen molar-refractivity contribution in [1.29, 1.82) is 0 Å². The molecule has 0 fully saturated rings. The number of nitrogens with one attached hydrogen (secondary N) is 1. The first kappa shape index (κ1) is 18.6. The number of carbonyl (C=O) groups is 2. The Morgan fingerprint density at radius 1 is 1.29 bits per heavy atom. The summed E-state index contributed by atoms with van der Waals surface area (Å²) in [4.78, 5) is 24.6. The van der Waals surface area contributed by atoms with Crippen LogP contribution in [0.25, 0.3) is 0 Å². The lowest BCUT2D eigenvalue weighted by molar-refractivity contribution is -0.134. The van der Waals surface area contributed by atoms with Crippen LogP contribution in [0.1, 0.15) is 20.8 Å². The fourth-order valence-corrected chi connectivity index (χ4v) is 1.37. The Labute approximate surface area is 110 Å². The minimum Gasteiger partial charge on any atom is -0.359 e. The third-order valence-corrected chi connectivity index (χ3v) is 2.62. The van der Waals surface area contributed by atoms with Gasteiger partial charge in [0.05, 0.1) is 12.0 Å². The number of hydrogen-bond acceptors (Lipinski definition) is 3. The fraction of sp³-hybridized carbons (Fsp3) is 0.818. The van der Waals surface area contributed by atoms with E-state index < -0.39 is 6.04 Å². The Bertz CT molecular complexity index is 259. The molecule has 5 nitrogen and oxygen atoms in total. The highest BCUT2D eigenvalue weighted by molar-refractivity contribution is 5.85. The van der Waals surface area contributed by atoms with Gasteiger partial charge in [-0.05, 0) is 5.92 Å². The number of halogens is 1. The summed E-state index contributed by atoms with van der Waals surface area (Å²) < 4.78 is 0. The predicted octanol–water partition coefficient (Wildman–Crippen LogP) is 0.232. The number of likely N-dealkylation sites (N-methyl/N-ethyl adjacent to an activating group) is 1. The third-order valence-electron chi connectivity index (χ3n) is 2.62. The van der Waals surface area contributed by atoms with Crippen LogP contribution >= 0.6 is 12.4 Å². The molecule has 0 bridgehead atoms. The van der Waals surface area contributed by atoms with Crippen molar-refractivity contribution < 1.29 is 9.59 Å². The third kappa shape index (κ3) is 5.89. The van der Waals surface area contributed by atoms with Gasteiger partial charge in [0.25, 0.3) is 0 Å². The van der Waals surface area contributed by atoms with Crippen molar-refractivity contribution in [2.75, 3.05) is 20.6 Å². The smallest absolute Gasteiger partial charge is 0.239 e. The van der Waals surface area contributed by atoms with Crippen LogP contribution in [0, 0.1) is 11.8 Å². The molecule has 0 saturated heterocycles. The van der Waals surface area contributed by atoms with E-state index in [-0.39, 0.29) is 36.1 Å². The van der Waals surface area contributed by atoms with E-state index in [2.05, 4.69) is 5.32 Å². The van der Waals surface area contributed by atoms with Gasteiger partial charge in [-0.2, -0.15) is 0 Å². The molecule has 1 unspecified atom stereocenters. The number of amides is 2. The lowest BCUT2D eigenvalue weighted by Crippen LogP contribution is -2.47. The van der Waals surface area contributed by atoms with Crippen molar-refractivity contribution in [2.45, 2.75) is 26.8 Å². The van der Waals surface area contributed by atoms with E-state index >= 15 is 0 Å². The molecule has 0 heterocycles. The average Bonchev–Trinajstić information content (AvgIpc) is 2.25. The van der Waals surface area contributed by atoms with Crippen molar-refractivity contribution in [1.82, 2.24) is 10.2 Å². The lowest BCUT2D eigenvalue weighted by atomic mass is 10.0. The molecular formula is C11H24ClN3O2. The molecule has 0 aromatic heterocycles. The SMILES string of the molecule is CNC(=O)C(C)CN(C)C(=O)[C@@H](N)C(C)C.Cl. The average molecular weight is 266 g/mol. The molecule has 0 aromatic carbocycles. The van der Waals surface area contributed by atoms with Crippen LogP contribution in [0.4, 0.5) is 0 Å². The zero-order chi connectivity index (χ0) is 12.9. The summed E-state index contributed by atoms with van der Waals surface area (Å²) in [6, 6.07) is -0.498. The van der Waals surface area contributed by atoms with Crippen LogP contribution in [0.3, 0.4) is 0 Å². The van der Waals surface area contributed by atoms with Crippen LogP contribution in [-0.2, 0) is 9.59 Å². The van der Waals surface area contributed by atoms with Gasteiger partial charge in [0, 0.05) is 20.6 Å². The fourth-order valence-electron chi connectivity index (χ4n) is 1.37. The minimum absolute atomic E-state index is 0. The molecule has 3 N–H and O–H groups in total. The highest BCUT2D eigenvalue weighted by Gasteiger charge is 2.23. The van der Waals surface area contributed by atoms with Crippen molar-refractivity contribution in [2.24, 2.45) is 17.6 Å². The van der Waals surface area contributed by atoms with Crippen LogP contribution in [0.15, 0.2) is 0 Å². The summed E-state index contributed by atoms with van der Waals surface area (Å²) in [5.41, 5.74) is 5.75. The van der Waals surface area contributed by atoms with E-state index in [0.717, 1.165) is 0 Å². The van der Waals surface area contributed by atoms with E-state index in [0.29, 0.717) is 6.54 Å².